The lowest BCUT2D eigenvalue weighted by Gasteiger charge is -2.26. The summed E-state index contributed by atoms with van der Waals surface area (Å²) < 4.78 is 1.51. The number of carbonyl (C=O) groups is 1. The molecule has 0 N–H and O–H groups in total. The van der Waals surface area contributed by atoms with Gasteiger partial charge >= 0.3 is 0 Å². The van der Waals surface area contributed by atoms with E-state index in [2.05, 4.69) is 4.98 Å². The van der Waals surface area contributed by atoms with Crippen LogP contribution in [0, 0.1) is 13.8 Å². The normalized spacial score (nSPS) is 12.4. The Bertz CT molecular complexity index is 1110. The van der Waals surface area contributed by atoms with Gasteiger partial charge in [-0.15, -0.1) is 11.3 Å². The number of carbonyl (C=O) groups excluding carboxylic acids is 1. The second-order valence-corrected chi connectivity index (χ2v) is 8.85. The average molecular weight is 438 g/mol. The number of fused-ring (bicyclic) bond motifs is 1. The Balaban J connectivity index is 1.74. The van der Waals surface area contributed by atoms with Crippen LogP contribution in [0.4, 0.5) is 0 Å². The Morgan fingerprint density at radius 2 is 2.04 bits per heavy atom. The highest BCUT2D eigenvalue weighted by molar-refractivity contribution is 7.18. The molecule has 28 heavy (non-hydrogen) atoms. The summed E-state index contributed by atoms with van der Waals surface area (Å²) in [5, 5.41) is 1.72. The first-order valence-electron chi connectivity index (χ1n) is 8.86. The molecule has 2 aromatic heterocycles. The Morgan fingerprint density at radius 3 is 2.71 bits per heavy atom. The standard InChI is InChI=1S/C20H21Cl2N3O2S/c1-11-13(3)28-19-18(11)20(27)25(10-23-19)8-7-17(26)24(4)12(2)15-6-5-14(21)9-16(15)22/h5-6,9-10,12H,7-8H2,1-4H3/t12-/m0/s1. The Hall–Kier alpha value is -1.89. The van der Waals surface area contributed by atoms with Crippen molar-refractivity contribution in [2.75, 3.05) is 7.05 Å². The van der Waals surface area contributed by atoms with Gasteiger partial charge in [0.15, 0.2) is 0 Å². The third-order valence-corrected chi connectivity index (χ3v) is 6.79. The summed E-state index contributed by atoms with van der Waals surface area (Å²) in [5.74, 6) is -0.0799. The fourth-order valence-corrected chi connectivity index (χ4v) is 4.64. The maximum absolute atomic E-state index is 12.8. The number of benzene rings is 1. The second kappa shape index (κ2) is 8.23. The summed E-state index contributed by atoms with van der Waals surface area (Å²) in [5.41, 5.74) is 1.68. The van der Waals surface area contributed by atoms with Crippen LogP contribution in [-0.2, 0) is 11.3 Å². The molecule has 2 heterocycles. The molecule has 0 saturated heterocycles. The molecule has 148 valence electrons. The summed E-state index contributed by atoms with van der Waals surface area (Å²) in [4.78, 5) is 33.3. The third-order valence-electron chi connectivity index (χ3n) is 5.11. The first-order valence-corrected chi connectivity index (χ1v) is 10.4. The lowest BCUT2D eigenvalue weighted by Crippen LogP contribution is -2.31. The maximum Gasteiger partial charge on any atom is 0.262 e. The van der Waals surface area contributed by atoms with E-state index in [0.29, 0.717) is 15.4 Å². The number of aryl methyl sites for hydroxylation is 3. The molecule has 0 saturated carbocycles. The number of hydrogen-bond acceptors (Lipinski definition) is 4. The van der Waals surface area contributed by atoms with Crippen LogP contribution in [0.3, 0.4) is 0 Å². The smallest absolute Gasteiger partial charge is 0.262 e. The van der Waals surface area contributed by atoms with E-state index in [1.807, 2.05) is 26.8 Å². The molecule has 1 atom stereocenters. The Morgan fingerprint density at radius 1 is 1.32 bits per heavy atom. The summed E-state index contributed by atoms with van der Waals surface area (Å²) in [7, 11) is 1.73. The number of thiophene rings is 1. The van der Waals surface area contributed by atoms with Gasteiger partial charge in [-0.3, -0.25) is 14.2 Å². The van der Waals surface area contributed by atoms with E-state index in [1.165, 1.54) is 22.2 Å². The third kappa shape index (κ3) is 3.95. The predicted octanol–water partition coefficient (Wildman–Crippen LogP) is 4.99. The molecule has 1 amide bonds. The van der Waals surface area contributed by atoms with Crippen molar-refractivity contribution in [2.24, 2.45) is 0 Å². The van der Waals surface area contributed by atoms with Crippen LogP contribution in [-0.4, -0.2) is 27.4 Å². The maximum atomic E-state index is 12.8. The van der Waals surface area contributed by atoms with E-state index in [1.54, 1.807) is 24.1 Å². The zero-order valence-corrected chi connectivity index (χ0v) is 18.5. The molecule has 0 bridgehead atoms. The van der Waals surface area contributed by atoms with Crippen LogP contribution >= 0.6 is 34.5 Å². The van der Waals surface area contributed by atoms with Gasteiger partial charge in [-0.05, 0) is 44.0 Å². The van der Waals surface area contributed by atoms with Crippen molar-refractivity contribution in [3.05, 3.63) is 60.9 Å². The molecule has 3 rings (SSSR count). The molecular formula is C20H21Cl2N3O2S. The average Bonchev–Trinajstić information content (AvgIpc) is 2.94. The van der Waals surface area contributed by atoms with Gasteiger partial charge in [-0.25, -0.2) is 4.98 Å². The van der Waals surface area contributed by atoms with Crippen molar-refractivity contribution in [3.8, 4) is 0 Å². The molecule has 0 aliphatic heterocycles. The quantitative estimate of drug-likeness (QED) is 0.564. The molecule has 1 aromatic carbocycles. The molecule has 8 heteroatoms. The van der Waals surface area contributed by atoms with Gasteiger partial charge < -0.3 is 4.90 Å². The zero-order chi connectivity index (χ0) is 20.6. The van der Waals surface area contributed by atoms with Gasteiger partial charge in [0.2, 0.25) is 5.91 Å². The van der Waals surface area contributed by atoms with Gasteiger partial charge in [-0.2, -0.15) is 0 Å². The SMILES string of the molecule is Cc1sc2ncn(CCC(=O)N(C)[C@@H](C)c3ccc(Cl)cc3Cl)c(=O)c2c1C. The number of aromatic nitrogens is 2. The van der Waals surface area contributed by atoms with E-state index in [9.17, 15) is 9.59 Å². The first-order chi connectivity index (χ1) is 13.2. The summed E-state index contributed by atoms with van der Waals surface area (Å²) in [6.45, 7) is 6.09. The van der Waals surface area contributed by atoms with Crippen LogP contribution in [0.5, 0.6) is 0 Å². The van der Waals surface area contributed by atoms with Crippen LogP contribution in [0.2, 0.25) is 10.0 Å². The molecule has 0 aliphatic carbocycles. The van der Waals surface area contributed by atoms with E-state index < -0.39 is 0 Å². The molecule has 0 radical (unpaired) electrons. The van der Waals surface area contributed by atoms with Crippen molar-refractivity contribution in [1.29, 1.82) is 0 Å². The van der Waals surface area contributed by atoms with Crippen LogP contribution in [0.15, 0.2) is 29.3 Å². The largest absolute Gasteiger partial charge is 0.339 e. The van der Waals surface area contributed by atoms with Crippen LogP contribution in [0.1, 0.15) is 35.4 Å². The lowest BCUT2D eigenvalue weighted by molar-refractivity contribution is -0.132. The summed E-state index contributed by atoms with van der Waals surface area (Å²) in [6, 6.07) is 5.03. The number of hydrogen-bond donors (Lipinski definition) is 0. The van der Waals surface area contributed by atoms with E-state index >= 15 is 0 Å². The molecule has 5 nitrogen and oxygen atoms in total. The molecular weight excluding hydrogens is 417 g/mol. The van der Waals surface area contributed by atoms with Crippen LogP contribution in [0.25, 0.3) is 10.2 Å². The number of nitrogens with zero attached hydrogens (tertiary/aromatic N) is 3. The minimum Gasteiger partial charge on any atom is -0.339 e. The molecule has 3 aromatic rings. The highest BCUT2D eigenvalue weighted by Gasteiger charge is 2.20. The topological polar surface area (TPSA) is 55.2 Å². The number of amides is 1. The Kier molecular flexibility index (Phi) is 6.12. The Labute approximate surface area is 177 Å². The van der Waals surface area contributed by atoms with E-state index in [-0.39, 0.29) is 30.5 Å². The fraction of sp³-hybridized carbons (Fsp3) is 0.350. The molecule has 0 unspecified atom stereocenters. The van der Waals surface area contributed by atoms with Crippen molar-refractivity contribution < 1.29 is 4.79 Å². The van der Waals surface area contributed by atoms with Crippen LogP contribution < -0.4 is 5.56 Å². The molecule has 0 fully saturated rings. The summed E-state index contributed by atoms with van der Waals surface area (Å²) >= 11 is 13.7. The minimum absolute atomic E-state index is 0.0799. The lowest BCUT2D eigenvalue weighted by atomic mass is 10.1. The van der Waals surface area contributed by atoms with E-state index in [4.69, 9.17) is 23.2 Å². The number of rotatable bonds is 5. The zero-order valence-electron chi connectivity index (χ0n) is 16.1. The van der Waals surface area contributed by atoms with Crippen molar-refractivity contribution in [1.82, 2.24) is 14.5 Å². The van der Waals surface area contributed by atoms with Gasteiger partial charge in [0.1, 0.15) is 4.83 Å². The molecule has 0 aliphatic rings. The van der Waals surface area contributed by atoms with E-state index in [0.717, 1.165) is 20.8 Å². The first kappa shape index (κ1) is 20.8. The van der Waals surface area contributed by atoms with Gasteiger partial charge in [0.05, 0.1) is 17.8 Å². The van der Waals surface area contributed by atoms with Crippen molar-refractivity contribution >= 4 is 50.7 Å². The second-order valence-electron chi connectivity index (χ2n) is 6.80. The van der Waals surface area contributed by atoms with Gasteiger partial charge in [0, 0.05) is 34.9 Å². The molecule has 0 spiro atoms. The fourth-order valence-electron chi connectivity index (χ4n) is 3.09. The summed E-state index contributed by atoms with van der Waals surface area (Å²) in [6.07, 6.45) is 1.72. The number of halogens is 2. The highest BCUT2D eigenvalue weighted by atomic mass is 35.5. The van der Waals surface area contributed by atoms with Crippen molar-refractivity contribution in [2.45, 2.75) is 39.8 Å². The minimum atomic E-state index is -0.212. The monoisotopic (exact) mass is 437 g/mol. The van der Waals surface area contributed by atoms with Crippen molar-refractivity contribution in [3.63, 3.8) is 0 Å². The van der Waals surface area contributed by atoms with Gasteiger partial charge in [-0.1, -0.05) is 29.3 Å². The predicted molar refractivity (Wildman–Crippen MR) is 116 cm³/mol. The van der Waals surface area contributed by atoms with Gasteiger partial charge in [0.25, 0.3) is 5.56 Å². The highest BCUT2D eigenvalue weighted by Crippen LogP contribution is 2.29.